The van der Waals surface area contributed by atoms with E-state index < -0.39 is 5.97 Å². The molecule has 0 bridgehead atoms. The second-order valence-corrected chi connectivity index (χ2v) is 5.70. The molecule has 1 heterocycles. The van der Waals surface area contributed by atoms with Crippen LogP contribution in [0, 0.1) is 0 Å². The molecule has 0 atom stereocenters. The Labute approximate surface area is 112 Å². The van der Waals surface area contributed by atoms with Crippen LogP contribution in [0.5, 0.6) is 0 Å². The van der Waals surface area contributed by atoms with Crippen molar-refractivity contribution in [2.75, 3.05) is 0 Å². The molecule has 0 radical (unpaired) electrons. The second-order valence-electron chi connectivity index (χ2n) is 5.70. The number of benzene rings is 1. The molecule has 0 unspecified atom stereocenters. The number of hydrogen-bond donors (Lipinski definition) is 1. The van der Waals surface area contributed by atoms with E-state index >= 15 is 0 Å². The van der Waals surface area contributed by atoms with E-state index in [-0.39, 0.29) is 11.0 Å². The third kappa shape index (κ3) is 2.67. The first kappa shape index (κ1) is 13.3. The molecular weight excluding hydrogens is 240 g/mol. The Kier molecular flexibility index (Phi) is 3.18. The molecular formula is C15H18N2O2. The van der Waals surface area contributed by atoms with E-state index in [1.807, 2.05) is 24.3 Å². The number of hydrogen-bond acceptors (Lipinski definition) is 2. The van der Waals surface area contributed by atoms with Gasteiger partial charge in [-0.1, -0.05) is 45.0 Å². The second kappa shape index (κ2) is 4.53. The Bertz CT molecular complexity index is 604. The van der Waals surface area contributed by atoms with Crippen LogP contribution in [0.2, 0.25) is 0 Å². The monoisotopic (exact) mass is 258 g/mol. The summed E-state index contributed by atoms with van der Waals surface area (Å²) >= 11 is 0. The molecule has 4 nitrogen and oxygen atoms in total. The molecule has 0 aliphatic rings. The van der Waals surface area contributed by atoms with Gasteiger partial charge < -0.3 is 5.11 Å². The summed E-state index contributed by atoms with van der Waals surface area (Å²) in [7, 11) is 1.72. The van der Waals surface area contributed by atoms with Crippen LogP contribution in [0.4, 0.5) is 0 Å². The third-order valence-corrected chi connectivity index (χ3v) is 3.08. The molecule has 100 valence electrons. The van der Waals surface area contributed by atoms with Gasteiger partial charge in [-0.05, 0) is 11.0 Å². The Morgan fingerprint density at radius 1 is 1.21 bits per heavy atom. The van der Waals surface area contributed by atoms with E-state index in [0.717, 1.165) is 5.56 Å². The molecule has 1 N–H and O–H groups in total. The molecule has 0 saturated heterocycles. The van der Waals surface area contributed by atoms with Gasteiger partial charge in [0.25, 0.3) is 0 Å². The lowest BCUT2D eigenvalue weighted by molar-refractivity contribution is 0.0697. The van der Waals surface area contributed by atoms with Gasteiger partial charge in [0, 0.05) is 18.8 Å². The highest BCUT2D eigenvalue weighted by molar-refractivity contribution is 5.94. The van der Waals surface area contributed by atoms with Crippen molar-refractivity contribution >= 4 is 5.97 Å². The molecule has 1 aromatic carbocycles. The fourth-order valence-electron chi connectivity index (χ4n) is 1.99. The maximum absolute atomic E-state index is 11.2. The summed E-state index contributed by atoms with van der Waals surface area (Å²) in [5.74, 6) is -0.956. The average Bonchev–Trinajstić information content (AvgIpc) is 2.70. The van der Waals surface area contributed by atoms with Crippen molar-refractivity contribution in [2.24, 2.45) is 7.05 Å². The van der Waals surface area contributed by atoms with Gasteiger partial charge in [-0.15, -0.1) is 0 Å². The fraction of sp³-hybridized carbons (Fsp3) is 0.333. The number of nitrogens with zero attached hydrogens (tertiary/aromatic N) is 2. The molecule has 0 fully saturated rings. The van der Waals surface area contributed by atoms with Crippen molar-refractivity contribution in [1.82, 2.24) is 9.78 Å². The van der Waals surface area contributed by atoms with E-state index in [1.54, 1.807) is 7.05 Å². The van der Waals surface area contributed by atoms with Crippen LogP contribution in [0.15, 0.2) is 30.5 Å². The highest BCUT2D eigenvalue weighted by Crippen LogP contribution is 2.27. The SMILES string of the molecule is Cn1cc(C(=O)O)c(-c2ccc(C(C)(C)C)cc2)n1. The van der Waals surface area contributed by atoms with Gasteiger partial charge in [0.2, 0.25) is 0 Å². The Balaban J connectivity index is 2.46. The summed E-state index contributed by atoms with van der Waals surface area (Å²) in [5.41, 5.74) is 2.86. The van der Waals surface area contributed by atoms with Gasteiger partial charge in [0.15, 0.2) is 0 Å². The van der Waals surface area contributed by atoms with Crippen LogP contribution in [-0.2, 0) is 12.5 Å². The molecule has 1 aromatic heterocycles. The number of rotatable bonds is 2. The number of aromatic carboxylic acids is 1. The van der Waals surface area contributed by atoms with Gasteiger partial charge in [-0.2, -0.15) is 5.10 Å². The summed E-state index contributed by atoms with van der Waals surface area (Å²) < 4.78 is 1.52. The smallest absolute Gasteiger partial charge is 0.339 e. The standard InChI is InChI=1S/C15H18N2O2/c1-15(2,3)11-7-5-10(6-8-11)13-12(14(18)19)9-17(4)16-13/h5-9H,1-4H3,(H,18,19). The van der Waals surface area contributed by atoms with Gasteiger partial charge in [0.1, 0.15) is 11.3 Å². The molecule has 2 aromatic rings. The van der Waals surface area contributed by atoms with Gasteiger partial charge in [0.05, 0.1) is 0 Å². The lowest BCUT2D eigenvalue weighted by Gasteiger charge is -2.18. The van der Waals surface area contributed by atoms with Crippen LogP contribution in [0.25, 0.3) is 11.3 Å². The number of carboxylic acids is 1. The van der Waals surface area contributed by atoms with Crippen molar-refractivity contribution < 1.29 is 9.90 Å². The van der Waals surface area contributed by atoms with Gasteiger partial charge >= 0.3 is 5.97 Å². The topological polar surface area (TPSA) is 55.1 Å². The van der Waals surface area contributed by atoms with Crippen molar-refractivity contribution in [1.29, 1.82) is 0 Å². The summed E-state index contributed by atoms with van der Waals surface area (Å²) in [6, 6.07) is 7.90. The van der Waals surface area contributed by atoms with Gasteiger partial charge in [-0.3, -0.25) is 4.68 Å². The van der Waals surface area contributed by atoms with Crippen LogP contribution < -0.4 is 0 Å². The van der Waals surface area contributed by atoms with Crippen molar-refractivity contribution in [3.8, 4) is 11.3 Å². The van der Waals surface area contributed by atoms with Crippen molar-refractivity contribution in [3.05, 3.63) is 41.6 Å². The van der Waals surface area contributed by atoms with Crippen LogP contribution in [-0.4, -0.2) is 20.9 Å². The maximum atomic E-state index is 11.2. The summed E-state index contributed by atoms with van der Waals surface area (Å²) in [5, 5.41) is 13.4. The Hall–Kier alpha value is -2.10. The summed E-state index contributed by atoms with van der Waals surface area (Å²) in [6.07, 6.45) is 1.52. The van der Waals surface area contributed by atoms with Crippen molar-refractivity contribution in [3.63, 3.8) is 0 Å². The first-order chi connectivity index (χ1) is 8.79. The van der Waals surface area contributed by atoms with E-state index in [4.69, 9.17) is 0 Å². The lowest BCUT2D eigenvalue weighted by atomic mass is 9.86. The van der Waals surface area contributed by atoms with Gasteiger partial charge in [-0.25, -0.2) is 4.79 Å². The van der Waals surface area contributed by atoms with Crippen LogP contribution in [0.1, 0.15) is 36.7 Å². The third-order valence-electron chi connectivity index (χ3n) is 3.08. The zero-order valence-corrected chi connectivity index (χ0v) is 11.6. The number of carboxylic acid groups (broad SMARTS) is 1. The van der Waals surface area contributed by atoms with E-state index in [9.17, 15) is 9.90 Å². The largest absolute Gasteiger partial charge is 0.478 e. The molecule has 0 amide bonds. The zero-order valence-electron chi connectivity index (χ0n) is 11.6. The Morgan fingerprint density at radius 2 is 1.79 bits per heavy atom. The molecule has 0 spiro atoms. The minimum absolute atomic E-state index is 0.0816. The number of aromatic nitrogens is 2. The highest BCUT2D eigenvalue weighted by atomic mass is 16.4. The summed E-state index contributed by atoms with van der Waals surface area (Å²) in [4.78, 5) is 11.2. The predicted molar refractivity (Wildman–Crippen MR) is 74.3 cm³/mol. The van der Waals surface area contributed by atoms with Crippen LogP contribution >= 0.6 is 0 Å². The minimum Gasteiger partial charge on any atom is -0.478 e. The first-order valence-corrected chi connectivity index (χ1v) is 6.17. The quantitative estimate of drug-likeness (QED) is 0.900. The molecule has 0 aliphatic carbocycles. The van der Waals surface area contributed by atoms with E-state index in [0.29, 0.717) is 5.69 Å². The zero-order chi connectivity index (χ0) is 14.2. The highest BCUT2D eigenvalue weighted by Gasteiger charge is 2.17. The molecule has 0 saturated carbocycles. The fourth-order valence-corrected chi connectivity index (χ4v) is 1.99. The van der Waals surface area contributed by atoms with Crippen LogP contribution in [0.3, 0.4) is 0 Å². The summed E-state index contributed by atoms with van der Waals surface area (Å²) in [6.45, 7) is 6.43. The minimum atomic E-state index is -0.956. The van der Waals surface area contributed by atoms with E-state index in [2.05, 4.69) is 25.9 Å². The van der Waals surface area contributed by atoms with E-state index in [1.165, 1.54) is 16.4 Å². The lowest BCUT2D eigenvalue weighted by Crippen LogP contribution is -2.10. The number of aryl methyl sites for hydroxylation is 1. The predicted octanol–water partition coefficient (Wildman–Crippen LogP) is 3.08. The molecule has 0 aliphatic heterocycles. The van der Waals surface area contributed by atoms with Crippen molar-refractivity contribution in [2.45, 2.75) is 26.2 Å². The normalized spacial score (nSPS) is 11.6. The molecule has 19 heavy (non-hydrogen) atoms. The Morgan fingerprint density at radius 3 is 2.26 bits per heavy atom. The first-order valence-electron chi connectivity index (χ1n) is 6.17. The average molecular weight is 258 g/mol. The molecule has 4 heteroatoms. The molecule has 2 rings (SSSR count). The number of carbonyl (C=O) groups is 1. The maximum Gasteiger partial charge on any atom is 0.339 e.